The van der Waals surface area contributed by atoms with Gasteiger partial charge >= 0.3 is 0 Å². The molecule has 0 heterocycles. The van der Waals surface area contributed by atoms with Gasteiger partial charge in [-0.25, -0.2) is 0 Å². The second kappa shape index (κ2) is 6.09. The molecule has 0 aromatic heterocycles. The number of nitrogens with one attached hydrogen (secondary N) is 1. The summed E-state index contributed by atoms with van der Waals surface area (Å²) in [5.41, 5.74) is 1.49. The lowest BCUT2D eigenvalue weighted by Gasteiger charge is -2.25. The predicted octanol–water partition coefficient (Wildman–Crippen LogP) is 4.03. The standard InChI is InChI=1S/C18H27N/c1-2-19-18(17-12-15-11-16(15)13-17)10-6-9-14-7-4-3-5-8-14/h3-5,7-8,15-19H,2,6,9-13H2,1H3. The summed E-state index contributed by atoms with van der Waals surface area (Å²) < 4.78 is 0. The third-order valence-electron chi connectivity index (χ3n) is 5.14. The highest BCUT2D eigenvalue weighted by Crippen LogP contribution is 2.55. The van der Waals surface area contributed by atoms with Crippen LogP contribution < -0.4 is 5.32 Å². The van der Waals surface area contributed by atoms with Gasteiger partial charge in [0.2, 0.25) is 0 Å². The van der Waals surface area contributed by atoms with Crippen LogP contribution >= 0.6 is 0 Å². The molecule has 2 aliphatic rings. The van der Waals surface area contributed by atoms with Crippen molar-refractivity contribution in [2.45, 2.75) is 51.5 Å². The van der Waals surface area contributed by atoms with Crippen molar-refractivity contribution in [3.8, 4) is 0 Å². The van der Waals surface area contributed by atoms with E-state index in [0.29, 0.717) is 0 Å². The van der Waals surface area contributed by atoms with E-state index in [9.17, 15) is 0 Å². The average molecular weight is 257 g/mol. The number of hydrogen-bond donors (Lipinski definition) is 1. The lowest BCUT2D eigenvalue weighted by molar-refractivity contribution is 0.318. The molecule has 0 amide bonds. The Morgan fingerprint density at radius 2 is 1.84 bits per heavy atom. The number of fused-ring (bicyclic) bond motifs is 1. The van der Waals surface area contributed by atoms with E-state index in [2.05, 4.69) is 42.6 Å². The zero-order valence-electron chi connectivity index (χ0n) is 12.1. The van der Waals surface area contributed by atoms with Gasteiger partial charge in [0.15, 0.2) is 0 Å². The Kier molecular flexibility index (Phi) is 4.22. The summed E-state index contributed by atoms with van der Waals surface area (Å²) in [4.78, 5) is 0. The molecule has 2 saturated carbocycles. The lowest BCUT2D eigenvalue weighted by atomic mass is 9.90. The summed E-state index contributed by atoms with van der Waals surface area (Å²) in [7, 11) is 0. The topological polar surface area (TPSA) is 12.0 Å². The summed E-state index contributed by atoms with van der Waals surface area (Å²) in [6.07, 6.45) is 8.48. The summed E-state index contributed by atoms with van der Waals surface area (Å²) in [5.74, 6) is 3.19. The first-order chi connectivity index (χ1) is 9.36. The number of hydrogen-bond acceptors (Lipinski definition) is 1. The van der Waals surface area contributed by atoms with Crippen LogP contribution in [0.1, 0.15) is 44.6 Å². The first-order valence-electron chi connectivity index (χ1n) is 8.14. The molecule has 104 valence electrons. The lowest BCUT2D eigenvalue weighted by Crippen LogP contribution is -2.35. The van der Waals surface area contributed by atoms with Gasteiger partial charge in [-0.05, 0) is 68.4 Å². The van der Waals surface area contributed by atoms with E-state index in [1.165, 1.54) is 37.7 Å². The second-order valence-electron chi connectivity index (χ2n) is 6.53. The number of rotatable bonds is 7. The molecule has 1 aromatic carbocycles. The molecule has 1 heteroatoms. The predicted molar refractivity (Wildman–Crippen MR) is 81.2 cm³/mol. The first-order valence-corrected chi connectivity index (χ1v) is 8.14. The maximum absolute atomic E-state index is 3.75. The van der Waals surface area contributed by atoms with Gasteiger partial charge in [-0.15, -0.1) is 0 Å². The van der Waals surface area contributed by atoms with Crippen molar-refractivity contribution in [3.63, 3.8) is 0 Å². The average Bonchev–Trinajstić information content (AvgIpc) is 3.05. The zero-order valence-corrected chi connectivity index (χ0v) is 12.1. The zero-order chi connectivity index (χ0) is 13.1. The van der Waals surface area contributed by atoms with Gasteiger partial charge in [0.25, 0.3) is 0 Å². The van der Waals surface area contributed by atoms with Crippen LogP contribution in [-0.2, 0) is 6.42 Å². The van der Waals surface area contributed by atoms with Crippen molar-refractivity contribution in [1.29, 1.82) is 0 Å². The van der Waals surface area contributed by atoms with Gasteiger partial charge in [-0.2, -0.15) is 0 Å². The highest BCUT2D eigenvalue weighted by Gasteiger charge is 2.47. The Labute approximate surface area is 117 Å². The van der Waals surface area contributed by atoms with Crippen molar-refractivity contribution in [1.82, 2.24) is 5.32 Å². The van der Waals surface area contributed by atoms with E-state index in [0.717, 1.165) is 30.3 Å². The highest BCUT2D eigenvalue weighted by atomic mass is 14.9. The summed E-state index contributed by atoms with van der Waals surface area (Å²) in [6, 6.07) is 11.7. The van der Waals surface area contributed by atoms with E-state index >= 15 is 0 Å². The van der Waals surface area contributed by atoms with Crippen molar-refractivity contribution in [2.75, 3.05) is 6.54 Å². The van der Waals surface area contributed by atoms with Crippen LogP contribution in [0.25, 0.3) is 0 Å². The van der Waals surface area contributed by atoms with Gasteiger partial charge in [-0.1, -0.05) is 37.3 Å². The monoisotopic (exact) mass is 257 g/mol. The Balaban J connectivity index is 1.45. The molecule has 19 heavy (non-hydrogen) atoms. The summed E-state index contributed by atoms with van der Waals surface area (Å²) in [6.45, 7) is 3.38. The Morgan fingerprint density at radius 1 is 1.11 bits per heavy atom. The normalized spacial score (nSPS) is 30.1. The van der Waals surface area contributed by atoms with Crippen LogP contribution in [0.2, 0.25) is 0 Å². The molecular weight excluding hydrogens is 230 g/mol. The fourth-order valence-electron chi connectivity index (χ4n) is 4.03. The molecule has 2 aliphatic carbocycles. The molecule has 1 N–H and O–H groups in total. The molecule has 0 spiro atoms. The van der Waals surface area contributed by atoms with Crippen LogP contribution in [0.3, 0.4) is 0 Å². The molecule has 0 bridgehead atoms. The third-order valence-corrected chi connectivity index (χ3v) is 5.14. The Morgan fingerprint density at radius 3 is 2.53 bits per heavy atom. The maximum Gasteiger partial charge on any atom is 0.00955 e. The SMILES string of the molecule is CCNC(CCCc1ccccc1)C1CC2CC2C1. The largest absolute Gasteiger partial charge is 0.314 e. The quantitative estimate of drug-likeness (QED) is 0.777. The molecule has 1 nitrogen and oxygen atoms in total. The van der Waals surface area contributed by atoms with Gasteiger partial charge < -0.3 is 5.32 Å². The number of aryl methyl sites for hydroxylation is 1. The second-order valence-corrected chi connectivity index (χ2v) is 6.53. The molecule has 1 aromatic rings. The van der Waals surface area contributed by atoms with E-state index in [-0.39, 0.29) is 0 Å². The molecule has 0 aliphatic heterocycles. The fraction of sp³-hybridized carbons (Fsp3) is 0.667. The minimum Gasteiger partial charge on any atom is -0.314 e. The van der Waals surface area contributed by atoms with Crippen molar-refractivity contribution in [2.24, 2.45) is 17.8 Å². The molecule has 0 radical (unpaired) electrons. The van der Waals surface area contributed by atoms with Gasteiger partial charge in [-0.3, -0.25) is 0 Å². The van der Waals surface area contributed by atoms with Crippen molar-refractivity contribution >= 4 is 0 Å². The smallest absolute Gasteiger partial charge is 0.00955 e. The van der Waals surface area contributed by atoms with E-state index < -0.39 is 0 Å². The molecular formula is C18H27N. The first kappa shape index (κ1) is 13.2. The molecule has 2 fully saturated rings. The van der Waals surface area contributed by atoms with Crippen LogP contribution in [0.5, 0.6) is 0 Å². The summed E-state index contributed by atoms with van der Waals surface area (Å²) in [5, 5.41) is 3.75. The summed E-state index contributed by atoms with van der Waals surface area (Å²) >= 11 is 0. The van der Waals surface area contributed by atoms with E-state index in [4.69, 9.17) is 0 Å². The van der Waals surface area contributed by atoms with Gasteiger partial charge in [0, 0.05) is 6.04 Å². The molecule has 0 saturated heterocycles. The Hall–Kier alpha value is -0.820. The maximum atomic E-state index is 3.75. The van der Waals surface area contributed by atoms with Crippen molar-refractivity contribution < 1.29 is 0 Å². The van der Waals surface area contributed by atoms with Crippen LogP contribution in [0, 0.1) is 17.8 Å². The van der Waals surface area contributed by atoms with Crippen molar-refractivity contribution in [3.05, 3.63) is 35.9 Å². The Bertz CT molecular complexity index is 376. The van der Waals surface area contributed by atoms with E-state index in [1.807, 2.05) is 0 Å². The molecule has 3 atom stereocenters. The highest BCUT2D eigenvalue weighted by molar-refractivity contribution is 5.14. The van der Waals surface area contributed by atoms with E-state index in [1.54, 1.807) is 6.42 Å². The van der Waals surface area contributed by atoms with Crippen LogP contribution in [0.4, 0.5) is 0 Å². The van der Waals surface area contributed by atoms with Gasteiger partial charge in [0.05, 0.1) is 0 Å². The third kappa shape index (κ3) is 3.39. The molecule has 3 unspecified atom stereocenters. The van der Waals surface area contributed by atoms with Gasteiger partial charge in [0.1, 0.15) is 0 Å². The molecule has 3 rings (SSSR count). The number of benzene rings is 1. The minimum atomic E-state index is 0.779. The minimum absolute atomic E-state index is 0.779. The van der Waals surface area contributed by atoms with Crippen LogP contribution in [0.15, 0.2) is 30.3 Å². The fourth-order valence-corrected chi connectivity index (χ4v) is 4.03. The van der Waals surface area contributed by atoms with Crippen LogP contribution in [-0.4, -0.2) is 12.6 Å².